The van der Waals surface area contributed by atoms with E-state index in [0.717, 1.165) is 22.5 Å². The van der Waals surface area contributed by atoms with Crippen LogP contribution in [0.2, 0.25) is 0 Å². The van der Waals surface area contributed by atoms with Crippen LogP contribution in [0.3, 0.4) is 0 Å². The predicted octanol–water partition coefficient (Wildman–Crippen LogP) is 2.75. The number of halogens is 1. The zero-order valence-electron chi connectivity index (χ0n) is 11.8. The van der Waals surface area contributed by atoms with Crippen LogP contribution in [0.4, 0.5) is 0 Å². The van der Waals surface area contributed by atoms with Crippen LogP contribution in [-0.4, -0.2) is 37.4 Å². The van der Waals surface area contributed by atoms with Gasteiger partial charge in [-0.1, -0.05) is 22.9 Å². The second-order valence-corrected chi connectivity index (χ2v) is 6.24. The first-order valence-corrected chi connectivity index (χ1v) is 8.09. The average Bonchev–Trinajstić information content (AvgIpc) is 2.92. The maximum atomic E-state index is 5.44. The van der Waals surface area contributed by atoms with Gasteiger partial charge in [0.05, 0.1) is 0 Å². The van der Waals surface area contributed by atoms with Crippen molar-refractivity contribution in [2.75, 3.05) is 26.4 Å². The fraction of sp³-hybridized carbons (Fsp3) is 0.600. The van der Waals surface area contributed by atoms with Crippen LogP contribution in [0, 0.1) is 0 Å². The van der Waals surface area contributed by atoms with Gasteiger partial charge in [0.1, 0.15) is 0 Å². The number of fused-ring (bicyclic) bond motifs is 1. The van der Waals surface area contributed by atoms with Gasteiger partial charge in [-0.2, -0.15) is 0 Å². The van der Waals surface area contributed by atoms with Gasteiger partial charge in [0.2, 0.25) is 6.79 Å². The number of nitrogens with zero attached hydrogens (tertiary/aromatic N) is 1. The summed E-state index contributed by atoms with van der Waals surface area (Å²) in [5.74, 6) is 1.68. The number of piperidine rings is 1. The normalized spacial score (nSPS) is 19.5. The van der Waals surface area contributed by atoms with E-state index < -0.39 is 0 Å². The molecular weight excluding hydrogens is 320 g/mol. The Labute approximate surface area is 128 Å². The van der Waals surface area contributed by atoms with E-state index in [0.29, 0.717) is 12.8 Å². The van der Waals surface area contributed by atoms with Gasteiger partial charge >= 0.3 is 0 Å². The van der Waals surface area contributed by atoms with Gasteiger partial charge in [-0.25, -0.2) is 0 Å². The number of ether oxygens (including phenoxy) is 2. The molecule has 0 atom stereocenters. The second-order valence-electron chi connectivity index (χ2n) is 5.39. The zero-order chi connectivity index (χ0) is 13.9. The largest absolute Gasteiger partial charge is 0.454 e. The van der Waals surface area contributed by atoms with E-state index in [4.69, 9.17) is 9.47 Å². The quantitative estimate of drug-likeness (QED) is 0.913. The monoisotopic (exact) mass is 340 g/mol. The third kappa shape index (κ3) is 3.10. The standard InChI is InChI=1S/C15H21BrN2O2/c1-2-18-5-3-12(4-6-18)17-9-11-7-14-15(8-13(11)16)20-10-19-14/h7-8,12,17H,2-6,9-10H2,1H3. The van der Waals surface area contributed by atoms with E-state index in [1.807, 2.05) is 6.07 Å². The Kier molecular flexibility index (Phi) is 4.48. The summed E-state index contributed by atoms with van der Waals surface area (Å²) in [6.07, 6.45) is 2.46. The molecule has 2 aliphatic heterocycles. The molecule has 20 heavy (non-hydrogen) atoms. The maximum absolute atomic E-state index is 5.44. The molecule has 2 heterocycles. The summed E-state index contributed by atoms with van der Waals surface area (Å²) in [5, 5.41) is 3.66. The second kappa shape index (κ2) is 6.33. The van der Waals surface area contributed by atoms with Crippen molar-refractivity contribution >= 4 is 15.9 Å². The molecule has 0 spiro atoms. The molecule has 0 saturated carbocycles. The van der Waals surface area contributed by atoms with Gasteiger partial charge in [-0.3, -0.25) is 0 Å². The van der Waals surface area contributed by atoms with Crippen LogP contribution in [0.1, 0.15) is 25.3 Å². The van der Waals surface area contributed by atoms with Gasteiger partial charge in [-0.15, -0.1) is 0 Å². The molecule has 1 saturated heterocycles. The van der Waals surface area contributed by atoms with Gasteiger partial charge < -0.3 is 19.7 Å². The molecule has 1 N–H and O–H groups in total. The van der Waals surface area contributed by atoms with Crippen molar-refractivity contribution in [1.82, 2.24) is 10.2 Å². The molecule has 1 fully saturated rings. The van der Waals surface area contributed by atoms with Gasteiger partial charge in [-0.05, 0) is 50.2 Å². The van der Waals surface area contributed by atoms with E-state index >= 15 is 0 Å². The molecule has 0 aromatic heterocycles. The van der Waals surface area contributed by atoms with E-state index in [2.05, 4.69) is 39.1 Å². The Bertz CT molecular complexity index is 473. The third-order valence-corrected chi connectivity index (χ3v) is 4.90. The van der Waals surface area contributed by atoms with Crippen molar-refractivity contribution in [3.8, 4) is 11.5 Å². The highest BCUT2D eigenvalue weighted by Crippen LogP contribution is 2.36. The Balaban J connectivity index is 1.56. The molecule has 0 unspecified atom stereocenters. The van der Waals surface area contributed by atoms with E-state index in [9.17, 15) is 0 Å². The highest BCUT2D eigenvalue weighted by molar-refractivity contribution is 9.10. The molecule has 4 nitrogen and oxygen atoms in total. The van der Waals surface area contributed by atoms with Crippen LogP contribution in [0.5, 0.6) is 11.5 Å². The van der Waals surface area contributed by atoms with Crippen LogP contribution in [-0.2, 0) is 6.54 Å². The van der Waals surface area contributed by atoms with Gasteiger partial charge in [0, 0.05) is 17.1 Å². The summed E-state index contributed by atoms with van der Waals surface area (Å²) in [6, 6.07) is 4.69. The van der Waals surface area contributed by atoms with Crippen molar-refractivity contribution in [2.45, 2.75) is 32.4 Å². The fourth-order valence-electron chi connectivity index (χ4n) is 2.80. The van der Waals surface area contributed by atoms with Crippen molar-refractivity contribution in [2.24, 2.45) is 0 Å². The summed E-state index contributed by atoms with van der Waals surface area (Å²) in [7, 11) is 0. The molecular formula is C15H21BrN2O2. The van der Waals surface area contributed by atoms with Crippen molar-refractivity contribution in [1.29, 1.82) is 0 Å². The lowest BCUT2D eigenvalue weighted by Gasteiger charge is -2.31. The zero-order valence-corrected chi connectivity index (χ0v) is 13.4. The number of hydrogen-bond acceptors (Lipinski definition) is 4. The highest BCUT2D eigenvalue weighted by Gasteiger charge is 2.19. The Morgan fingerprint density at radius 2 is 1.95 bits per heavy atom. The lowest BCUT2D eigenvalue weighted by molar-refractivity contribution is 0.174. The lowest BCUT2D eigenvalue weighted by atomic mass is 10.0. The molecule has 110 valence electrons. The minimum absolute atomic E-state index is 0.328. The Morgan fingerprint density at radius 3 is 2.65 bits per heavy atom. The van der Waals surface area contributed by atoms with Crippen molar-refractivity contribution in [3.63, 3.8) is 0 Å². The Hall–Kier alpha value is -0.780. The SMILES string of the molecule is CCN1CCC(NCc2cc3c(cc2Br)OCO3)CC1. The molecule has 3 rings (SSSR count). The number of nitrogens with one attached hydrogen (secondary N) is 1. The van der Waals surface area contributed by atoms with Crippen LogP contribution < -0.4 is 14.8 Å². The molecule has 0 aliphatic carbocycles. The minimum atomic E-state index is 0.328. The van der Waals surface area contributed by atoms with Crippen molar-refractivity contribution < 1.29 is 9.47 Å². The molecule has 5 heteroatoms. The molecule has 0 bridgehead atoms. The molecule has 1 aromatic carbocycles. The topological polar surface area (TPSA) is 33.7 Å². The first-order valence-electron chi connectivity index (χ1n) is 7.30. The van der Waals surface area contributed by atoms with E-state index in [1.165, 1.54) is 38.0 Å². The average molecular weight is 341 g/mol. The smallest absolute Gasteiger partial charge is 0.231 e. The minimum Gasteiger partial charge on any atom is -0.454 e. The number of benzene rings is 1. The van der Waals surface area contributed by atoms with Crippen LogP contribution in [0.15, 0.2) is 16.6 Å². The molecule has 0 amide bonds. The highest BCUT2D eigenvalue weighted by atomic mass is 79.9. The summed E-state index contributed by atoms with van der Waals surface area (Å²) >= 11 is 3.61. The number of hydrogen-bond donors (Lipinski definition) is 1. The fourth-order valence-corrected chi connectivity index (χ4v) is 3.26. The number of rotatable bonds is 4. The summed E-state index contributed by atoms with van der Waals surface area (Å²) < 4.78 is 11.9. The summed E-state index contributed by atoms with van der Waals surface area (Å²) in [4.78, 5) is 2.51. The predicted molar refractivity (Wildman–Crippen MR) is 82.2 cm³/mol. The number of likely N-dealkylation sites (tertiary alicyclic amines) is 1. The summed E-state index contributed by atoms with van der Waals surface area (Å²) in [6.45, 7) is 7.01. The van der Waals surface area contributed by atoms with E-state index in [-0.39, 0.29) is 0 Å². The summed E-state index contributed by atoms with van der Waals surface area (Å²) in [5.41, 5.74) is 1.23. The maximum Gasteiger partial charge on any atom is 0.231 e. The van der Waals surface area contributed by atoms with Crippen molar-refractivity contribution in [3.05, 3.63) is 22.2 Å². The Morgan fingerprint density at radius 1 is 1.25 bits per heavy atom. The van der Waals surface area contributed by atoms with Gasteiger partial charge in [0.15, 0.2) is 11.5 Å². The lowest BCUT2D eigenvalue weighted by Crippen LogP contribution is -2.42. The molecule has 1 aromatic rings. The van der Waals surface area contributed by atoms with Crippen LogP contribution >= 0.6 is 15.9 Å². The molecule has 2 aliphatic rings. The first kappa shape index (κ1) is 14.2. The van der Waals surface area contributed by atoms with E-state index in [1.54, 1.807) is 0 Å². The first-order chi connectivity index (χ1) is 9.76. The van der Waals surface area contributed by atoms with Gasteiger partial charge in [0.25, 0.3) is 0 Å². The molecule has 0 radical (unpaired) electrons. The third-order valence-electron chi connectivity index (χ3n) is 4.16. The van der Waals surface area contributed by atoms with Crippen LogP contribution in [0.25, 0.3) is 0 Å².